The first kappa shape index (κ1) is 18.2. The molecule has 0 aliphatic carbocycles. The minimum absolute atomic E-state index is 0.0394. The van der Waals surface area contributed by atoms with E-state index in [4.69, 9.17) is 19.6 Å². The van der Waals surface area contributed by atoms with Crippen LogP contribution in [0.25, 0.3) is 17.2 Å². The number of benzene rings is 1. The minimum atomic E-state index is -0.774. The molecule has 1 atom stereocenters. The molecule has 138 valence electrons. The van der Waals surface area contributed by atoms with Crippen molar-refractivity contribution in [2.45, 2.75) is 6.04 Å². The molecule has 0 saturated carbocycles. The Morgan fingerprint density at radius 1 is 1.42 bits per heavy atom. The number of nitrogens with one attached hydrogen (secondary N) is 1. The van der Waals surface area contributed by atoms with E-state index in [0.717, 1.165) is 4.57 Å². The van der Waals surface area contributed by atoms with Gasteiger partial charge in [-0.3, -0.25) is 4.52 Å². The zero-order valence-electron chi connectivity index (χ0n) is 13.5. The Kier molecular flexibility index (Phi) is 5.44. The summed E-state index contributed by atoms with van der Waals surface area (Å²) in [6.45, 7) is 0.658. The summed E-state index contributed by atoms with van der Waals surface area (Å²) in [5.41, 5.74) is 6.31. The summed E-state index contributed by atoms with van der Waals surface area (Å²) in [4.78, 5) is 12.1. The van der Waals surface area contributed by atoms with Gasteiger partial charge in [-0.25, -0.2) is 18.4 Å². The quantitative estimate of drug-likeness (QED) is 0.567. The monoisotopic (exact) mass is 428 g/mol. The zero-order chi connectivity index (χ0) is 18.7. The number of anilines is 1. The van der Waals surface area contributed by atoms with E-state index >= 15 is 0 Å². The molecular formula is C14H14BrFN6O4. The third kappa shape index (κ3) is 3.66. The number of nitrogens with two attached hydrogens (primary N) is 1. The second-order valence-electron chi connectivity index (χ2n) is 5.26. The highest BCUT2D eigenvalue weighted by atomic mass is 79.9. The maximum absolute atomic E-state index is 13.5. The van der Waals surface area contributed by atoms with Crippen LogP contribution in [-0.2, 0) is 4.74 Å². The van der Waals surface area contributed by atoms with E-state index in [2.05, 4.69) is 36.7 Å². The molecule has 0 aliphatic heterocycles. The smallest absolute Gasteiger partial charge is 0.383 e. The lowest BCUT2D eigenvalue weighted by Crippen LogP contribution is -2.33. The molecule has 3 aromatic rings. The van der Waals surface area contributed by atoms with Crippen LogP contribution in [0.5, 0.6) is 0 Å². The molecule has 2 heterocycles. The maximum Gasteiger partial charge on any atom is 0.446 e. The van der Waals surface area contributed by atoms with E-state index < -0.39 is 11.6 Å². The van der Waals surface area contributed by atoms with Gasteiger partial charge in [-0.15, -0.1) is 0 Å². The number of halogens is 2. The van der Waals surface area contributed by atoms with Crippen LogP contribution in [0.1, 0.15) is 0 Å². The first-order valence-corrected chi connectivity index (χ1v) is 8.16. The summed E-state index contributed by atoms with van der Waals surface area (Å²) in [6, 6.07) is 3.72. The first-order valence-electron chi connectivity index (χ1n) is 7.36. The summed E-state index contributed by atoms with van der Waals surface area (Å²) in [7, 11) is 1.54. The predicted octanol–water partition coefficient (Wildman–Crippen LogP) is 1.16. The molecule has 26 heavy (non-hydrogen) atoms. The van der Waals surface area contributed by atoms with Crippen LogP contribution < -0.4 is 16.8 Å². The Morgan fingerprint density at radius 3 is 2.96 bits per heavy atom. The second-order valence-corrected chi connectivity index (χ2v) is 6.12. The molecule has 0 amide bonds. The molecule has 0 radical (unpaired) electrons. The largest absolute Gasteiger partial charge is 0.446 e. The lowest BCUT2D eigenvalue weighted by atomic mass is 10.3. The highest BCUT2D eigenvalue weighted by molar-refractivity contribution is 9.10. The summed E-state index contributed by atoms with van der Waals surface area (Å²) in [6.07, 6.45) is 0. The Labute approximate surface area is 154 Å². The van der Waals surface area contributed by atoms with E-state index in [9.17, 15) is 9.18 Å². The van der Waals surface area contributed by atoms with E-state index in [0.29, 0.717) is 18.8 Å². The lowest BCUT2D eigenvalue weighted by Gasteiger charge is -2.11. The van der Waals surface area contributed by atoms with Gasteiger partial charge in [0.1, 0.15) is 5.82 Å². The highest BCUT2D eigenvalue weighted by Gasteiger charge is 2.23. The Balaban J connectivity index is 1.96. The Morgan fingerprint density at radius 2 is 2.23 bits per heavy atom. The van der Waals surface area contributed by atoms with Crippen LogP contribution >= 0.6 is 15.9 Å². The molecule has 0 saturated heterocycles. The van der Waals surface area contributed by atoms with Gasteiger partial charge in [-0.1, -0.05) is 5.16 Å². The normalized spacial score (nSPS) is 12.3. The van der Waals surface area contributed by atoms with Gasteiger partial charge in [0, 0.05) is 19.7 Å². The van der Waals surface area contributed by atoms with Crippen molar-refractivity contribution < 1.29 is 18.3 Å². The van der Waals surface area contributed by atoms with Crippen molar-refractivity contribution in [2.75, 3.05) is 25.6 Å². The molecule has 3 N–H and O–H groups in total. The minimum Gasteiger partial charge on any atom is -0.383 e. The highest BCUT2D eigenvalue weighted by Crippen LogP contribution is 2.26. The van der Waals surface area contributed by atoms with E-state index in [1.807, 2.05) is 0 Å². The topological polar surface area (TPSA) is 134 Å². The van der Waals surface area contributed by atoms with Crippen molar-refractivity contribution in [1.29, 1.82) is 0 Å². The number of hydrogen-bond donors (Lipinski definition) is 2. The molecule has 12 heteroatoms. The van der Waals surface area contributed by atoms with Crippen LogP contribution in [0.15, 0.2) is 36.6 Å². The lowest BCUT2D eigenvalue weighted by molar-refractivity contribution is 0.183. The number of ether oxygens (including phenoxy) is 1. The zero-order valence-corrected chi connectivity index (χ0v) is 15.1. The Hall–Kier alpha value is -2.57. The second kappa shape index (κ2) is 7.76. The fourth-order valence-corrected chi connectivity index (χ4v) is 2.57. The predicted molar refractivity (Wildman–Crippen MR) is 91.4 cm³/mol. The average molecular weight is 429 g/mol. The van der Waals surface area contributed by atoms with Crippen LogP contribution in [0.2, 0.25) is 0 Å². The number of nitrogens with zero attached hydrogens (tertiary/aromatic N) is 4. The fourth-order valence-electron chi connectivity index (χ4n) is 2.20. The number of hydrogen-bond acceptors (Lipinski definition) is 9. The van der Waals surface area contributed by atoms with Gasteiger partial charge >= 0.3 is 5.76 Å². The molecule has 0 spiro atoms. The van der Waals surface area contributed by atoms with Crippen molar-refractivity contribution in [3.8, 4) is 17.2 Å². The van der Waals surface area contributed by atoms with Gasteiger partial charge < -0.3 is 15.8 Å². The average Bonchev–Trinajstić information content (AvgIpc) is 3.22. The molecule has 0 fully saturated rings. The summed E-state index contributed by atoms with van der Waals surface area (Å²) in [5, 5.41) is 14.2. The van der Waals surface area contributed by atoms with Crippen molar-refractivity contribution in [3.63, 3.8) is 0 Å². The molecule has 10 nitrogen and oxygen atoms in total. The third-order valence-corrected chi connectivity index (χ3v) is 3.99. The molecule has 2 aromatic heterocycles. The summed E-state index contributed by atoms with van der Waals surface area (Å²) < 4.78 is 29.2. The van der Waals surface area contributed by atoms with E-state index in [1.165, 1.54) is 25.3 Å². The molecule has 0 bridgehead atoms. The standard InChI is InChI=1S/C14H14BrFN6O4/c1-24-6-7(17)5-18-12-11(19-26-20-12)13-21-25-14(23)22(13)8-2-3-10(16)9(15)4-8/h2-4,7H,5-6,17H2,1H3,(H,18,20). The van der Waals surface area contributed by atoms with Gasteiger partial charge in [0.05, 0.1) is 16.8 Å². The van der Waals surface area contributed by atoms with Crippen molar-refractivity contribution >= 4 is 21.7 Å². The van der Waals surface area contributed by atoms with Gasteiger partial charge in [0.25, 0.3) is 0 Å². The third-order valence-electron chi connectivity index (χ3n) is 3.38. The van der Waals surface area contributed by atoms with Gasteiger partial charge in [0.15, 0.2) is 5.69 Å². The molecule has 0 aliphatic rings. The summed E-state index contributed by atoms with van der Waals surface area (Å²) in [5.74, 6) is -0.988. The van der Waals surface area contributed by atoms with Crippen LogP contribution in [-0.4, -0.2) is 46.3 Å². The molecule has 3 rings (SSSR count). The van der Waals surface area contributed by atoms with Gasteiger partial charge in [0.2, 0.25) is 11.6 Å². The summed E-state index contributed by atoms with van der Waals surface area (Å²) >= 11 is 3.07. The fraction of sp³-hybridized carbons (Fsp3) is 0.286. The van der Waals surface area contributed by atoms with E-state index in [1.54, 1.807) is 0 Å². The van der Waals surface area contributed by atoms with Gasteiger partial charge in [-0.05, 0) is 44.4 Å². The van der Waals surface area contributed by atoms with Crippen LogP contribution in [0.3, 0.4) is 0 Å². The van der Waals surface area contributed by atoms with Crippen LogP contribution in [0.4, 0.5) is 10.2 Å². The molecule has 1 unspecified atom stereocenters. The van der Waals surface area contributed by atoms with Crippen LogP contribution in [0, 0.1) is 5.82 Å². The first-order chi connectivity index (χ1) is 12.5. The van der Waals surface area contributed by atoms with Crippen molar-refractivity contribution in [1.82, 2.24) is 20.0 Å². The molecule has 1 aromatic carbocycles. The van der Waals surface area contributed by atoms with E-state index in [-0.39, 0.29) is 27.9 Å². The van der Waals surface area contributed by atoms with Gasteiger partial charge in [-0.2, -0.15) is 0 Å². The Bertz CT molecular complexity index is 955. The maximum atomic E-state index is 13.5. The SMILES string of the molecule is COCC(N)CNc1nonc1-c1noc(=O)n1-c1ccc(F)c(Br)c1. The van der Waals surface area contributed by atoms with Crippen molar-refractivity contribution in [2.24, 2.45) is 5.73 Å². The number of rotatable bonds is 7. The molecular weight excluding hydrogens is 415 g/mol. The number of methoxy groups -OCH3 is 1. The van der Waals surface area contributed by atoms with Crippen molar-refractivity contribution in [3.05, 3.63) is 39.0 Å². The number of aromatic nitrogens is 4.